The summed E-state index contributed by atoms with van der Waals surface area (Å²) < 4.78 is 4.68. The van der Waals surface area contributed by atoms with Gasteiger partial charge in [0.2, 0.25) is 17.7 Å². The molecular weight excluding hydrogens is 598 g/mol. The molecule has 0 saturated carbocycles. The van der Waals surface area contributed by atoms with Crippen LogP contribution in [-0.4, -0.2) is 63.0 Å². The quantitative estimate of drug-likeness (QED) is 0.281. The highest BCUT2D eigenvalue weighted by Gasteiger charge is 2.76. The molecule has 3 N–H and O–H groups in total. The largest absolute Gasteiger partial charge is 0.494 e. The highest BCUT2D eigenvalue weighted by molar-refractivity contribution is 8.02. The van der Waals surface area contributed by atoms with Crippen molar-refractivity contribution in [3.05, 3.63) is 89.4 Å². The first-order valence-electron chi connectivity index (χ1n) is 15.0. The minimum atomic E-state index is -0.912. The zero-order valence-corrected chi connectivity index (χ0v) is 26.2. The van der Waals surface area contributed by atoms with Crippen LogP contribution >= 0.6 is 23.4 Å². The first-order chi connectivity index (χ1) is 21.3. The number of ether oxygens (including phenoxy) is 1. The molecule has 3 aliphatic heterocycles. The molecule has 230 valence electrons. The van der Waals surface area contributed by atoms with Gasteiger partial charge < -0.3 is 25.4 Å². The van der Waals surface area contributed by atoms with Crippen LogP contribution in [0.15, 0.2) is 78.9 Å². The number of likely N-dealkylation sites (tertiary alicyclic amines) is 1. The molecule has 0 radical (unpaired) electrons. The van der Waals surface area contributed by atoms with Gasteiger partial charge in [-0.2, -0.15) is 0 Å². The Hall–Kier alpha value is -3.53. The SMILES string of the molecule is CCOc1ccc(NC(=O)[C@@H]2[C@@H]3CC(C)C4(S3)C(C(=O)Nc3ccccc3Cl)N([C@@H](CO)Cc3ccccc3)C(=O)[C@H]24)cc1. The second kappa shape index (κ2) is 12.5. The first kappa shape index (κ1) is 30.5. The maximum absolute atomic E-state index is 14.6. The van der Waals surface area contributed by atoms with Gasteiger partial charge >= 0.3 is 0 Å². The zero-order valence-electron chi connectivity index (χ0n) is 24.6. The van der Waals surface area contributed by atoms with E-state index in [4.69, 9.17) is 16.3 Å². The maximum atomic E-state index is 14.6. The van der Waals surface area contributed by atoms with Crippen molar-refractivity contribution < 1.29 is 24.2 Å². The fourth-order valence-corrected chi connectivity index (χ4v) is 9.97. The van der Waals surface area contributed by atoms with Gasteiger partial charge in [0.15, 0.2) is 0 Å². The molecule has 2 bridgehead atoms. The summed E-state index contributed by atoms with van der Waals surface area (Å²) in [6, 6.07) is 22.2. The number of anilines is 2. The van der Waals surface area contributed by atoms with Crippen molar-refractivity contribution in [3.63, 3.8) is 0 Å². The second-order valence-corrected chi connectivity index (χ2v) is 13.7. The molecule has 3 aromatic carbocycles. The normalized spacial score (nSPS) is 27.6. The van der Waals surface area contributed by atoms with E-state index in [1.54, 1.807) is 65.2 Å². The molecule has 7 atom stereocenters. The number of carbonyl (C=O) groups excluding carboxylic acids is 3. The lowest BCUT2D eigenvalue weighted by Crippen LogP contribution is -2.57. The predicted molar refractivity (Wildman–Crippen MR) is 173 cm³/mol. The van der Waals surface area contributed by atoms with Gasteiger partial charge in [-0.1, -0.05) is 61.0 Å². The summed E-state index contributed by atoms with van der Waals surface area (Å²) in [5.41, 5.74) is 2.00. The molecule has 3 fully saturated rings. The number of nitrogens with one attached hydrogen (secondary N) is 2. The standard InChI is InChI=1S/C34H36ClN3O5S/c1-3-43-24-15-13-22(14-16-24)36-31(40)28-27-17-20(2)34(44-27)29(28)33(42)38(23(19-39)18-21-9-5-4-6-10-21)30(34)32(41)37-26-12-8-7-11-25(26)35/h4-16,20,23,27-30,39H,3,17-19H2,1-2H3,(H,36,40)(H,37,41)/t20?,23-,27+,28-,29+,30?,34?/m1/s1. The van der Waals surface area contributed by atoms with Crippen molar-refractivity contribution in [3.8, 4) is 5.75 Å². The van der Waals surface area contributed by atoms with E-state index < -0.39 is 28.7 Å². The molecule has 0 aliphatic carbocycles. The number of halogens is 1. The van der Waals surface area contributed by atoms with E-state index in [0.717, 1.165) is 5.56 Å². The summed E-state index contributed by atoms with van der Waals surface area (Å²) in [5, 5.41) is 17.0. The lowest BCUT2D eigenvalue weighted by atomic mass is 9.66. The number of carbonyl (C=O) groups is 3. The van der Waals surface area contributed by atoms with E-state index in [2.05, 4.69) is 17.6 Å². The molecule has 0 aromatic heterocycles. The van der Waals surface area contributed by atoms with E-state index in [-0.39, 0.29) is 35.5 Å². The van der Waals surface area contributed by atoms with Gasteiger partial charge in [-0.05, 0) is 67.6 Å². The van der Waals surface area contributed by atoms with Gasteiger partial charge in [0, 0.05) is 10.9 Å². The number of aliphatic hydroxyl groups excluding tert-OH is 1. The minimum Gasteiger partial charge on any atom is -0.494 e. The molecule has 3 saturated heterocycles. The van der Waals surface area contributed by atoms with Crippen LogP contribution in [0.4, 0.5) is 11.4 Å². The Bertz CT molecular complexity index is 1540. The van der Waals surface area contributed by atoms with Crippen molar-refractivity contribution in [1.29, 1.82) is 0 Å². The van der Waals surface area contributed by atoms with E-state index in [1.807, 2.05) is 37.3 Å². The van der Waals surface area contributed by atoms with Crippen molar-refractivity contribution in [2.24, 2.45) is 17.8 Å². The fourth-order valence-electron chi connectivity index (χ4n) is 7.38. The second-order valence-electron chi connectivity index (χ2n) is 11.7. The van der Waals surface area contributed by atoms with Gasteiger partial charge in [0.1, 0.15) is 11.8 Å². The topological polar surface area (TPSA) is 108 Å². The summed E-state index contributed by atoms with van der Waals surface area (Å²) in [4.78, 5) is 44.5. The third-order valence-electron chi connectivity index (χ3n) is 9.22. The molecule has 6 rings (SSSR count). The van der Waals surface area contributed by atoms with Crippen LogP contribution in [0, 0.1) is 17.8 Å². The summed E-state index contributed by atoms with van der Waals surface area (Å²) in [6.45, 7) is 4.19. The lowest BCUT2D eigenvalue weighted by molar-refractivity contribution is -0.141. The first-order valence-corrected chi connectivity index (χ1v) is 16.3. The van der Waals surface area contributed by atoms with Gasteiger partial charge in [0.05, 0.1) is 46.5 Å². The fraction of sp³-hybridized carbons (Fsp3) is 0.382. The number of rotatable bonds is 10. The Morgan fingerprint density at radius 1 is 1.05 bits per heavy atom. The zero-order chi connectivity index (χ0) is 31.0. The third kappa shape index (κ3) is 5.25. The Balaban J connectivity index is 1.37. The molecule has 10 heteroatoms. The molecule has 3 heterocycles. The molecule has 8 nitrogen and oxygen atoms in total. The number of amides is 3. The van der Waals surface area contributed by atoms with Gasteiger partial charge in [-0.15, -0.1) is 11.8 Å². The number of hydrogen-bond acceptors (Lipinski definition) is 6. The van der Waals surface area contributed by atoms with Gasteiger partial charge in [-0.25, -0.2) is 0 Å². The predicted octanol–water partition coefficient (Wildman–Crippen LogP) is 5.26. The number of hydrogen-bond donors (Lipinski definition) is 3. The summed E-state index contributed by atoms with van der Waals surface area (Å²) in [7, 11) is 0. The Morgan fingerprint density at radius 3 is 2.43 bits per heavy atom. The number of fused-ring (bicyclic) bond motifs is 1. The highest BCUT2D eigenvalue weighted by atomic mass is 35.5. The third-order valence-corrected chi connectivity index (χ3v) is 11.6. The van der Waals surface area contributed by atoms with E-state index >= 15 is 0 Å². The summed E-state index contributed by atoms with van der Waals surface area (Å²) in [6.07, 6.45) is 1.06. The smallest absolute Gasteiger partial charge is 0.248 e. The molecule has 3 amide bonds. The van der Waals surface area contributed by atoms with Crippen LogP contribution < -0.4 is 15.4 Å². The molecule has 3 aromatic rings. The van der Waals surface area contributed by atoms with Gasteiger partial charge in [-0.3, -0.25) is 14.4 Å². The van der Waals surface area contributed by atoms with E-state index in [1.165, 1.54) is 0 Å². The van der Waals surface area contributed by atoms with Crippen LogP contribution in [0.3, 0.4) is 0 Å². The van der Waals surface area contributed by atoms with E-state index in [0.29, 0.717) is 41.6 Å². The number of aliphatic hydroxyl groups is 1. The van der Waals surface area contributed by atoms with Crippen LogP contribution in [0.2, 0.25) is 5.02 Å². The average molecular weight is 634 g/mol. The van der Waals surface area contributed by atoms with Crippen molar-refractivity contribution in [1.82, 2.24) is 4.90 Å². The Labute approximate surface area is 266 Å². The molecule has 3 unspecified atom stereocenters. The summed E-state index contributed by atoms with van der Waals surface area (Å²) >= 11 is 8.01. The van der Waals surface area contributed by atoms with Crippen molar-refractivity contribution in [2.45, 2.75) is 48.8 Å². The molecule has 1 spiro atoms. The van der Waals surface area contributed by atoms with Crippen LogP contribution in [0.5, 0.6) is 5.75 Å². The highest BCUT2D eigenvalue weighted by Crippen LogP contribution is 2.69. The number of nitrogens with zero attached hydrogens (tertiary/aromatic N) is 1. The molecular formula is C34H36ClN3O5S. The lowest BCUT2D eigenvalue weighted by Gasteiger charge is -2.40. The Morgan fingerprint density at radius 2 is 1.75 bits per heavy atom. The average Bonchev–Trinajstić information content (AvgIpc) is 3.62. The van der Waals surface area contributed by atoms with Gasteiger partial charge in [0.25, 0.3) is 0 Å². The van der Waals surface area contributed by atoms with Crippen molar-refractivity contribution in [2.75, 3.05) is 23.8 Å². The maximum Gasteiger partial charge on any atom is 0.248 e. The molecule has 3 aliphatic rings. The van der Waals surface area contributed by atoms with Crippen molar-refractivity contribution >= 4 is 52.5 Å². The number of para-hydroxylation sites is 1. The van der Waals surface area contributed by atoms with Crippen LogP contribution in [-0.2, 0) is 20.8 Å². The summed E-state index contributed by atoms with van der Waals surface area (Å²) in [5.74, 6) is -1.56. The molecule has 44 heavy (non-hydrogen) atoms. The van der Waals surface area contributed by atoms with E-state index in [9.17, 15) is 19.5 Å². The monoisotopic (exact) mass is 633 g/mol. The number of thioether (sulfide) groups is 1. The van der Waals surface area contributed by atoms with Crippen LogP contribution in [0.25, 0.3) is 0 Å². The minimum absolute atomic E-state index is 0.0240. The Kier molecular flexibility index (Phi) is 8.64. The van der Waals surface area contributed by atoms with Crippen LogP contribution in [0.1, 0.15) is 25.8 Å². The number of benzene rings is 3.